The van der Waals surface area contributed by atoms with Gasteiger partial charge in [0.05, 0.1) is 6.42 Å². The first-order chi connectivity index (χ1) is 17.3. The van der Waals surface area contributed by atoms with Gasteiger partial charge in [0.1, 0.15) is 17.7 Å². The van der Waals surface area contributed by atoms with Crippen LogP contribution in [0, 0.1) is 0 Å². The first-order valence-corrected chi connectivity index (χ1v) is 13.3. The molecular weight excluding hydrogens is 472 g/mol. The standard InChI is InChI=1S/C28H44N4O5/c1-7-19-13-15-20(16-14-19)24(25(34)30-21-11-9-8-10-12-21)32(18(2)3)26(35)22(17-23(29)33)31-27(36)37-28(4,5)6/h13-16,18,21-22,24H,7-12,17H2,1-6H3,(H2,29,33)(H,30,34)(H,31,36). The molecule has 2 unspecified atom stereocenters. The monoisotopic (exact) mass is 516 g/mol. The third-order valence-corrected chi connectivity index (χ3v) is 6.39. The van der Waals surface area contributed by atoms with Crippen molar-refractivity contribution in [2.45, 2.75) is 116 Å². The number of rotatable bonds is 10. The van der Waals surface area contributed by atoms with Gasteiger partial charge in [0.15, 0.2) is 0 Å². The smallest absolute Gasteiger partial charge is 0.408 e. The van der Waals surface area contributed by atoms with E-state index in [9.17, 15) is 19.2 Å². The molecule has 0 aromatic heterocycles. The van der Waals surface area contributed by atoms with Gasteiger partial charge in [-0.05, 0) is 65.0 Å². The Morgan fingerprint density at radius 3 is 2.14 bits per heavy atom. The number of hydrogen-bond acceptors (Lipinski definition) is 5. The van der Waals surface area contributed by atoms with Crippen molar-refractivity contribution in [1.29, 1.82) is 0 Å². The van der Waals surface area contributed by atoms with Crippen LogP contribution >= 0.6 is 0 Å². The lowest BCUT2D eigenvalue weighted by atomic mass is 9.94. The zero-order chi connectivity index (χ0) is 27.8. The highest BCUT2D eigenvalue weighted by atomic mass is 16.6. The number of nitrogens with two attached hydrogens (primary N) is 1. The summed E-state index contributed by atoms with van der Waals surface area (Å²) in [4.78, 5) is 53.5. The van der Waals surface area contributed by atoms with Crippen molar-refractivity contribution in [2.24, 2.45) is 5.73 Å². The van der Waals surface area contributed by atoms with Crippen LogP contribution in [-0.4, -0.2) is 52.4 Å². The summed E-state index contributed by atoms with van der Waals surface area (Å²) in [6.45, 7) is 10.7. The molecule has 2 atom stereocenters. The van der Waals surface area contributed by atoms with E-state index in [1.54, 1.807) is 34.6 Å². The van der Waals surface area contributed by atoms with Crippen LogP contribution in [0.5, 0.6) is 0 Å². The molecule has 0 bridgehead atoms. The Morgan fingerprint density at radius 1 is 1.05 bits per heavy atom. The number of amides is 4. The third-order valence-electron chi connectivity index (χ3n) is 6.39. The lowest BCUT2D eigenvalue weighted by molar-refractivity contribution is -0.145. The highest BCUT2D eigenvalue weighted by Gasteiger charge is 2.39. The molecule has 37 heavy (non-hydrogen) atoms. The number of carbonyl (C=O) groups is 4. The van der Waals surface area contributed by atoms with E-state index in [1.165, 1.54) is 4.90 Å². The summed E-state index contributed by atoms with van der Waals surface area (Å²) in [5, 5.41) is 5.65. The Hall–Kier alpha value is -3.10. The first kappa shape index (κ1) is 30.1. The average molecular weight is 517 g/mol. The Bertz CT molecular complexity index is 933. The van der Waals surface area contributed by atoms with Crippen LogP contribution in [0.25, 0.3) is 0 Å². The van der Waals surface area contributed by atoms with Gasteiger partial charge < -0.3 is 26.0 Å². The highest BCUT2D eigenvalue weighted by Crippen LogP contribution is 2.27. The molecule has 0 saturated heterocycles. The van der Waals surface area contributed by atoms with Gasteiger partial charge >= 0.3 is 6.09 Å². The summed E-state index contributed by atoms with van der Waals surface area (Å²) in [6.07, 6.45) is 4.62. The van der Waals surface area contributed by atoms with Gasteiger partial charge in [0.25, 0.3) is 0 Å². The van der Waals surface area contributed by atoms with Crippen molar-refractivity contribution < 1.29 is 23.9 Å². The molecule has 0 heterocycles. The second-order valence-corrected chi connectivity index (χ2v) is 11.0. The maximum absolute atomic E-state index is 13.9. The van der Waals surface area contributed by atoms with Crippen LogP contribution in [0.15, 0.2) is 24.3 Å². The Morgan fingerprint density at radius 2 is 1.65 bits per heavy atom. The molecule has 0 aliphatic heterocycles. The van der Waals surface area contributed by atoms with Crippen molar-refractivity contribution in [3.05, 3.63) is 35.4 Å². The molecule has 9 nitrogen and oxygen atoms in total. The van der Waals surface area contributed by atoms with E-state index >= 15 is 0 Å². The van der Waals surface area contributed by atoms with E-state index < -0.39 is 48.1 Å². The number of nitrogens with one attached hydrogen (secondary N) is 2. The summed E-state index contributed by atoms with van der Waals surface area (Å²) >= 11 is 0. The molecular formula is C28H44N4O5. The number of aryl methyl sites for hydroxylation is 1. The maximum atomic E-state index is 13.9. The molecule has 0 radical (unpaired) electrons. The molecule has 0 spiro atoms. The van der Waals surface area contributed by atoms with Gasteiger partial charge in [-0.1, -0.05) is 50.5 Å². The van der Waals surface area contributed by atoms with Crippen LogP contribution in [0.3, 0.4) is 0 Å². The molecule has 1 aliphatic carbocycles. The van der Waals surface area contributed by atoms with Gasteiger partial charge in [-0.15, -0.1) is 0 Å². The second kappa shape index (κ2) is 13.4. The summed E-state index contributed by atoms with van der Waals surface area (Å²) in [6, 6.07) is 5.00. The van der Waals surface area contributed by atoms with E-state index in [2.05, 4.69) is 10.6 Å². The fourth-order valence-corrected chi connectivity index (χ4v) is 4.61. The zero-order valence-electron chi connectivity index (χ0n) is 23.1. The number of carbonyl (C=O) groups excluding carboxylic acids is 4. The first-order valence-electron chi connectivity index (χ1n) is 13.3. The normalized spacial score (nSPS) is 16.0. The Balaban J connectivity index is 2.45. The molecule has 4 N–H and O–H groups in total. The van der Waals surface area contributed by atoms with E-state index in [-0.39, 0.29) is 11.9 Å². The lowest BCUT2D eigenvalue weighted by Crippen LogP contribution is -2.56. The fourth-order valence-electron chi connectivity index (χ4n) is 4.61. The number of hydrogen-bond donors (Lipinski definition) is 3. The number of primary amides is 1. The van der Waals surface area contributed by atoms with Gasteiger partial charge in [-0.25, -0.2) is 4.79 Å². The lowest BCUT2D eigenvalue weighted by Gasteiger charge is -2.38. The number of nitrogens with zero attached hydrogens (tertiary/aromatic N) is 1. The second-order valence-electron chi connectivity index (χ2n) is 11.0. The van der Waals surface area contributed by atoms with Crippen LogP contribution in [0.1, 0.15) is 97.2 Å². The number of ether oxygens (including phenoxy) is 1. The van der Waals surface area contributed by atoms with Crippen LogP contribution < -0.4 is 16.4 Å². The van der Waals surface area contributed by atoms with Gasteiger partial charge in [-0.2, -0.15) is 0 Å². The van der Waals surface area contributed by atoms with E-state index in [1.807, 2.05) is 31.2 Å². The van der Waals surface area contributed by atoms with Crippen LogP contribution in [0.4, 0.5) is 4.79 Å². The molecule has 2 rings (SSSR count). The molecule has 1 fully saturated rings. The minimum absolute atomic E-state index is 0.0454. The summed E-state index contributed by atoms with van der Waals surface area (Å²) < 4.78 is 5.31. The molecule has 1 aromatic rings. The summed E-state index contributed by atoms with van der Waals surface area (Å²) in [7, 11) is 0. The molecule has 1 saturated carbocycles. The quantitative estimate of drug-likeness (QED) is 0.436. The van der Waals surface area contributed by atoms with E-state index in [0.29, 0.717) is 5.56 Å². The Kier molecular flexibility index (Phi) is 10.9. The minimum Gasteiger partial charge on any atom is -0.444 e. The van der Waals surface area contributed by atoms with Crippen LogP contribution in [-0.2, 0) is 25.5 Å². The molecule has 4 amide bonds. The van der Waals surface area contributed by atoms with Crippen molar-refractivity contribution in [3.63, 3.8) is 0 Å². The summed E-state index contributed by atoms with van der Waals surface area (Å²) in [5.41, 5.74) is 6.39. The summed E-state index contributed by atoms with van der Waals surface area (Å²) in [5.74, 6) is -1.62. The average Bonchev–Trinajstić information content (AvgIpc) is 2.80. The van der Waals surface area contributed by atoms with Gasteiger partial charge in [0.2, 0.25) is 17.7 Å². The largest absolute Gasteiger partial charge is 0.444 e. The SMILES string of the molecule is CCc1ccc(C(C(=O)NC2CCCCC2)N(C(=O)C(CC(N)=O)NC(=O)OC(C)(C)C)C(C)C)cc1. The molecule has 206 valence electrons. The van der Waals surface area contributed by atoms with Gasteiger partial charge in [-0.3, -0.25) is 14.4 Å². The maximum Gasteiger partial charge on any atom is 0.408 e. The Labute approximate surface area is 220 Å². The van der Waals surface area contributed by atoms with Crippen LogP contribution in [0.2, 0.25) is 0 Å². The van der Waals surface area contributed by atoms with Gasteiger partial charge in [0, 0.05) is 12.1 Å². The van der Waals surface area contributed by atoms with Crippen molar-refractivity contribution in [1.82, 2.24) is 15.5 Å². The third kappa shape index (κ3) is 9.37. The van der Waals surface area contributed by atoms with Crippen molar-refractivity contribution in [3.8, 4) is 0 Å². The van der Waals surface area contributed by atoms with Crippen molar-refractivity contribution in [2.75, 3.05) is 0 Å². The number of benzene rings is 1. The number of alkyl carbamates (subject to hydrolysis) is 1. The van der Waals surface area contributed by atoms with E-state index in [0.717, 1.165) is 44.1 Å². The highest BCUT2D eigenvalue weighted by molar-refractivity contribution is 5.94. The predicted octanol–water partition coefficient (Wildman–Crippen LogP) is 3.74. The zero-order valence-corrected chi connectivity index (χ0v) is 23.1. The topological polar surface area (TPSA) is 131 Å². The van der Waals surface area contributed by atoms with Crippen molar-refractivity contribution >= 4 is 23.8 Å². The molecule has 9 heteroatoms. The minimum atomic E-state index is -1.28. The van der Waals surface area contributed by atoms with E-state index in [4.69, 9.17) is 10.5 Å². The molecule has 1 aliphatic rings. The molecule has 1 aromatic carbocycles. The fraction of sp³-hybridized carbons (Fsp3) is 0.643. The predicted molar refractivity (Wildman–Crippen MR) is 143 cm³/mol.